The maximum Gasteiger partial charge on any atom is 0.318 e. The predicted molar refractivity (Wildman–Crippen MR) is 124 cm³/mol. The van der Waals surface area contributed by atoms with Crippen LogP contribution in [0, 0.1) is 11.8 Å². The van der Waals surface area contributed by atoms with Gasteiger partial charge in [-0.05, 0) is 68.0 Å². The number of piperidine rings is 1. The van der Waals surface area contributed by atoms with Crippen LogP contribution in [0.1, 0.15) is 53.4 Å². The molecule has 0 saturated carbocycles. The summed E-state index contributed by atoms with van der Waals surface area (Å²) >= 11 is 0. The van der Waals surface area contributed by atoms with E-state index < -0.39 is 20.2 Å². The number of nitrogens with zero attached hydrogens (tertiary/aromatic N) is 1. The summed E-state index contributed by atoms with van der Waals surface area (Å²) in [5, 5.41) is 0.152. The number of esters is 1. The fourth-order valence-electron chi connectivity index (χ4n) is 4.04. The summed E-state index contributed by atoms with van der Waals surface area (Å²) in [4.78, 5) is 39.7. The first-order valence-corrected chi connectivity index (χ1v) is 14.1. The summed E-state index contributed by atoms with van der Waals surface area (Å²) in [6, 6.07) is -0.158. The molecule has 1 aliphatic heterocycles. The first-order valence-electron chi connectivity index (χ1n) is 11.2. The molecule has 31 heavy (non-hydrogen) atoms. The maximum atomic E-state index is 13.4. The summed E-state index contributed by atoms with van der Waals surface area (Å²) in [7, 11) is -0.487. The number of likely N-dealkylation sites (tertiary alicyclic amines) is 1. The average molecular weight is 450 g/mol. The van der Waals surface area contributed by atoms with E-state index in [0.717, 1.165) is 17.6 Å². The molecule has 3 unspecified atom stereocenters. The van der Waals surface area contributed by atoms with Crippen molar-refractivity contribution in [2.45, 2.75) is 77.6 Å². The number of unbranched alkanes of at least 4 members (excludes halogenated alkanes) is 1. The Kier molecular flexibility index (Phi) is 8.08. The lowest BCUT2D eigenvalue weighted by Crippen LogP contribution is -2.53. The van der Waals surface area contributed by atoms with Crippen LogP contribution in [0.15, 0.2) is 23.8 Å². The summed E-state index contributed by atoms with van der Waals surface area (Å²) in [5.74, 6) is -1.73. The van der Waals surface area contributed by atoms with Crippen LogP contribution >= 0.6 is 0 Å². The number of allylic oxidation sites excluding steroid dienone is 1. The van der Waals surface area contributed by atoms with Crippen molar-refractivity contribution in [3.8, 4) is 0 Å². The third-order valence-electron chi connectivity index (χ3n) is 7.16. The lowest BCUT2D eigenvalue weighted by molar-refractivity contribution is -0.155. The predicted octanol–water partition coefficient (Wildman–Crippen LogP) is 4.27. The Hall–Kier alpha value is -1.73. The van der Waals surface area contributed by atoms with Crippen LogP contribution in [-0.4, -0.2) is 57.2 Å². The van der Waals surface area contributed by atoms with E-state index >= 15 is 0 Å². The second-order valence-corrected chi connectivity index (χ2v) is 15.2. The zero-order valence-corrected chi connectivity index (χ0v) is 21.2. The van der Waals surface area contributed by atoms with Gasteiger partial charge in [-0.15, -0.1) is 0 Å². The number of ether oxygens (including phenoxy) is 1. The molecule has 1 heterocycles. The number of methoxy groups -OCH3 is 1. The van der Waals surface area contributed by atoms with E-state index in [1.54, 1.807) is 11.0 Å². The van der Waals surface area contributed by atoms with E-state index in [1.807, 2.05) is 6.92 Å². The van der Waals surface area contributed by atoms with Gasteiger partial charge in [-0.3, -0.25) is 14.4 Å². The number of carbonyl (C=O) groups is 3. The number of ketones is 1. The molecule has 0 radical (unpaired) electrons. The topological polar surface area (TPSA) is 72.9 Å². The van der Waals surface area contributed by atoms with Crippen molar-refractivity contribution >= 4 is 26.0 Å². The molecule has 6 nitrogen and oxygen atoms in total. The van der Waals surface area contributed by atoms with Gasteiger partial charge in [-0.25, -0.2) is 0 Å². The SMILES string of the molecule is C=C1CN(C(=O)C(CCCCO[Si](C)(C)C(C)(C)C)C(=O)OC)C2CC1C(=O)C=C2C. The van der Waals surface area contributed by atoms with E-state index in [9.17, 15) is 14.4 Å². The van der Waals surface area contributed by atoms with Gasteiger partial charge in [0.05, 0.1) is 13.2 Å². The molecule has 2 bridgehead atoms. The van der Waals surface area contributed by atoms with Gasteiger partial charge in [0, 0.05) is 19.1 Å². The van der Waals surface area contributed by atoms with Crippen molar-refractivity contribution < 1.29 is 23.5 Å². The van der Waals surface area contributed by atoms with E-state index in [-0.39, 0.29) is 28.7 Å². The summed E-state index contributed by atoms with van der Waals surface area (Å²) in [6.45, 7) is 17.9. The fraction of sp³-hybridized carbons (Fsp3) is 0.708. The first-order chi connectivity index (χ1) is 14.3. The Morgan fingerprint density at radius 3 is 2.52 bits per heavy atom. The van der Waals surface area contributed by atoms with Crippen LogP contribution in [0.5, 0.6) is 0 Å². The number of hydrogen-bond donors (Lipinski definition) is 0. The molecule has 3 atom stereocenters. The molecular formula is C24H39NO5Si. The molecule has 1 saturated heterocycles. The Labute approximate surface area is 188 Å². The number of fused-ring (bicyclic) bond motifs is 2. The minimum atomic E-state index is -1.80. The maximum absolute atomic E-state index is 13.4. The van der Waals surface area contributed by atoms with Gasteiger partial charge in [0.2, 0.25) is 5.91 Å². The summed E-state index contributed by atoms with van der Waals surface area (Å²) in [6.07, 6.45) is 4.09. The Morgan fingerprint density at radius 1 is 1.29 bits per heavy atom. The monoisotopic (exact) mass is 449 g/mol. The van der Waals surface area contributed by atoms with Gasteiger partial charge < -0.3 is 14.1 Å². The fourth-order valence-corrected chi connectivity index (χ4v) is 5.12. The first kappa shape index (κ1) is 25.5. The quantitative estimate of drug-likeness (QED) is 0.182. The van der Waals surface area contributed by atoms with Crippen LogP contribution in [0.25, 0.3) is 0 Å². The minimum absolute atomic E-state index is 0.0668. The number of hydrogen-bond acceptors (Lipinski definition) is 5. The molecule has 2 aliphatic rings. The highest BCUT2D eigenvalue weighted by molar-refractivity contribution is 6.74. The number of carbonyl (C=O) groups excluding carboxylic acids is 3. The molecule has 0 aromatic rings. The Bertz CT molecular complexity index is 764. The number of rotatable bonds is 8. The molecule has 7 heteroatoms. The van der Waals surface area contributed by atoms with Crippen molar-refractivity contribution in [1.82, 2.24) is 4.90 Å². The molecule has 1 fully saturated rings. The molecular weight excluding hydrogens is 410 g/mol. The highest BCUT2D eigenvalue weighted by Gasteiger charge is 2.43. The van der Waals surface area contributed by atoms with Gasteiger partial charge in [0.1, 0.15) is 5.92 Å². The van der Waals surface area contributed by atoms with Crippen LogP contribution in [-0.2, 0) is 23.5 Å². The van der Waals surface area contributed by atoms with E-state index in [4.69, 9.17) is 9.16 Å². The van der Waals surface area contributed by atoms with Crippen molar-refractivity contribution in [2.24, 2.45) is 11.8 Å². The Morgan fingerprint density at radius 2 is 1.94 bits per heavy atom. The molecule has 174 valence electrons. The molecule has 0 aromatic carbocycles. The van der Waals surface area contributed by atoms with Crippen molar-refractivity contribution in [2.75, 3.05) is 20.3 Å². The van der Waals surface area contributed by atoms with Crippen LogP contribution < -0.4 is 0 Å². The zero-order valence-electron chi connectivity index (χ0n) is 20.2. The van der Waals surface area contributed by atoms with E-state index in [1.165, 1.54) is 7.11 Å². The lowest BCUT2D eigenvalue weighted by Gasteiger charge is -2.44. The van der Waals surface area contributed by atoms with E-state index in [2.05, 4.69) is 40.4 Å². The van der Waals surface area contributed by atoms with Crippen LogP contribution in [0.4, 0.5) is 0 Å². The summed E-state index contributed by atoms with van der Waals surface area (Å²) < 4.78 is 11.2. The van der Waals surface area contributed by atoms with Gasteiger partial charge in [-0.1, -0.05) is 27.4 Å². The average Bonchev–Trinajstić information content (AvgIpc) is 2.67. The highest BCUT2D eigenvalue weighted by Crippen LogP contribution is 2.37. The Balaban J connectivity index is 2.02. The third-order valence-corrected chi connectivity index (χ3v) is 11.7. The molecule has 0 N–H and O–H groups in total. The smallest absolute Gasteiger partial charge is 0.318 e. The largest absolute Gasteiger partial charge is 0.468 e. The summed E-state index contributed by atoms with van der Waals surface area (Å²) in [5.41, 5.74) is 1.61. The normalized spacial score (nSPS) is 22.8. The van der Waals surface area contributed by atoms with Gasteiger partial charge in [0.15, 0.2) is 14.1 Å². The van der Waals surface area contributed by atoms with Crippen molar-refractivity contribution in [1.29, 1.82) is 0 Å². The standard InChI is InChI=1S/C24H39NO5Si/c1-16-13-21(26)19-14-20(16)25(15-17(19)2)22(27)18(23(28)29-6)11-9-10-12-30-31(7,8)24(3,4)5/h13,18-20H,2,9-12,14-15H2,1,3-8H3. The third kappa shape index (κ3) is 5.74. The van der Waals surface area contributed by atoms with Crippen molar-refractivity contribution in [3.63, 3.8) is 0 Å². The van der Waals surface area contributed by atoms with Crippen molar-refractivity contribution in [3.05, 3.63) is 23.8 Å². The van der Waals surface area contributed by atoms with Gasteiger partial charge in [-0.2, -0.15) is 0 Å². The van der Waals surface area contributed by atoms with Gasteiger partial charge >= 0.3 is 5.97 Å². The molecule has 1 aliphatic carbocycles. The van der Waals surface area contributed by atoms with Crippen LogP contribution in [0.2, 0.25) is 18.1 Å². The number of amides is 1. The van der Waals surface area contributed by atoms with E-state index in [0.29, 0.717) is 32.4 Å². The minimum Gasteiger partial charge on any atom is -0.468 e. The lowest BCUT2D eigenvalue weighted by atomic mass is 9.76. The highest BCUT2D eigenvalue weighted by atomic mass is 28.4. The molecule has 0 aromatic heterocycles. The molecule has 1 amide bonds. The van der Waals surface area contributed by atoms with Crippen LogP contribution in [0.3, 0.4) is 0 Å². The van der Waals surface area contributed by atoms with Gasteiger partial charge in [0.25, 0.3) is 0 Å². The second-order valence-electron chi connectivity index (χ2n) is 10.4. The zero-order chi connectivity index (χ0) is 23.6. The second kappa shape index (κ2) is 9.82. The molecule has 2 rings (SSSR count). The molecule has 0 spiro atoms.